The molecule has 1 aromatic heterocycles. The Bertz CT molecular complexity index is 1440. The van der Waals surface area contributed by atoms with E-state index in [2.05, 4.69) is 21.7 Å². The number of rotatable bonds is 7. The number of aliphatic carboxylic acids is 1. The average molecular weight is 577 g/mol. The van der Waals surface area contributed by atoms with Gasteiger partial charge in [0.05, 0.1) is 18.2 Å². The molecule has 2 aromatic carbocycles. The highest BCUT2D eigenvalue weighted by molar-refractivity contribution is 7.14. The van der Waals surface area contributed by atoms with E-state index in [0.717, 1.165) is 64.8 Å². The van der Waals surface area contributed by atoms with Gasteiger partial charge in [-0.1, -0.05) is 17.7 Å². The molecule has 3 aromatic rings. The van der Waals surface area contributed by atoms with Gasteiger partial charge in [0, 0.05) is 42.7 Å². The quantitative estimate of drug-likeness (QED) is 0.388. The summed E-state index contributed by atoms with van der Waals surface area (Å²) in [5, 5.41) is 25.4. The van der Waals surface area contributed by atoms with Crippen LogP contribution in [-0.2, 0) is 11.4 Å². The van der Waals surface area contributed by atoms with Crippen LogP contribution in [0, 0.1) is 31.6 Å². The van der Waals surface area contributed by atoms with Crippen LogP contribution < -0.4 is 15.0 Å². The molecule has 41 heavy (non-hydrogen) atoms. The van der Waals surface area contributed by atoms with Crippen molar-refractivity contribution in [2.45, 2.75) is 39.5 Å². The Labute approximate surface area is 243 Å². The first-order valence-corrected chi connectivity index (χ1v) is 15.1. The number of piperidine rings is 1. The van der Waals surface area contributed by atoms with E-state index in [1.165, 1.54) is 0 Å². The third kappa shape index (κ3) is 5.68. The van der Waals surface area contributed by atoms with E-state index < -0.39 is 12.2 Å². The largest absolute Gasteiger partial charge is 0.488 e. The number of aliphatic hydroxyl groups is 1. The number of hydrogen-bond acceptors (Lipinski definition) is 8. The maximum absolute atomic E-state index is 12.9. The number of amides is 1. The summed E-state index contributed by atoms with van der Waals surface area (Å²) in [4.78, 5) is 33.6. The van der Waals surface area contributed by atoms with E-state index in [9.17, 15) is 19.8 Å². The van der Waals surface area contributed by atoms with Gasteiger partial charge in [0.1, 0.15) is 18.6 Å². The first-order chi connectivity index (χ1) is 19.8. The van der Waals surface area contributed by atoms with Gasteiger partial charge in [0.2, 0.25) is 0 Å². The Balaban J connectivity index is 1.16. The number of hydrogen-bond donors (Lipinski definition) is 3. The number of aryl methyl sites for hydroxylation is 2. The highest BCUT2D eigenvalue weighted by atomic mass is 32.1. The van der Waals surface area contributed by atoms with Crippen molar-refractivity contribution in [1.82, 2.24) is 15.2 Å². The van der Waals surface area contributed by atoms with E-state index in [4.69, 9.17) is 9.72 Å². The van der Waals surface area contributed by atoms with E-state index in [1.807, 2.05) is 44.2 Å². The van der Waals surface area contributed by atoms with Gasteiger partial charge in [-0.2, -0.15) is 0 Å². The van der Waals surface area contributed by atoms with Crippen LogP contribution in [0.1, 0.15) is 39.9 Å². The lowest BCUT2D eigenvalue weighted by Gasteiger charge is -2.35. The van der Waals surface area contributed by atoms with Gasteiger partial charge >= 0.3 is 5.97 Å². The summed E-state index contributed by atoms with van der Waals surface area (Å²) < 4.78 is 6.33. The summed E-state index contributed by atoms with van der Waals surface area (Å²) in [6.45, 7) is 7.27. The number of nitrogens with zero attached hydrogens (tertiary/aromatic N) is 3. The summed E-state index contributed by atoms with van der Waals surface area (Å²) in [6.07, 6.45) is 1.25. The second-order valence-corrected chi connectivity index (χ2v) is 12.4. The van der Waals surface area contributed by atoms with Crippen molar-refractivity contribution in [1.29, 1.82) is 0 Å². The van der Waals surface area contributed by atoms with Gasteiger partial charge in [-0.05, 0) is 73.9 Å². The summed E-state index contributed by atoms with van der Waals surface area (Å²) in [5.74, 6) is 0.144. The van der Waals surface area contributed by atoms with Crippen molar-refractivity contribution in [3.05, 3.63) is 64.0 Å². The normalized spacial score (nSPS) is 24.0. The summed E-state index contributed by atoms with van der Waals surface area (Å²) in [7, 11) is 0. The number of fused-ring (bicyclic) bond motifs is 2. The minimum atomic E-state index is -0.696. The fourth-order valence-electron chi connectivity index (χ4n) is 6.53. The minimum Gasteiger partial charge on any atom is -0.488 e. The van der Waals surface area contributed by atoms with Crippen LogP contribution in [0.4, 0.5) is 5.13 Å². The number of carboxylic acids is 1. The molecule has 2 aliphatic heterocycles. The molecule has 9 nitrogen and oxygen atoms in total. The highest BCUT2D eigenvalue weighted by Crippen LogP contribution is 2.44. The lowest BCUT2D eigenvalue weighted by molar-refractivity contribution is -0.144. The Morgan fingerprint density at radius 1 is 1.10 bits per heavy atom. The Hall–Kier alpha value is -3.47. The van der Waals surface area contributed by atoms with Gasteiger partial charge in [-0.25, -0.2) is 4.98 Å². The minimum absolute atomic E-state index is 0.0820. The maximum Gasteiger partial charge on any atom is 0.307 e. The zero-order valence-electron chi connectivity index (χ0n) is 23.4. The topological polar surface area (TPSA) is 115 Å². The summed E-state index contributed by atoms with van der Waals surface area (Å²) in [6, 6.07) is 11.7. The number of nitrogens with one attached hydrogen (secondary N) is 1. The third-order valence-electron chi connectivity index (χ3n) is 8.71. The molecule has 1 saturated carbocycles. The lowest BCUT2D eigenvalue weighted by Crippen LogP contribution is -2.52. The molecule has 10 heteroatoms. The second kappa shape index (κ2) is 11.4. The number of ether oxygens (including phenoxy) is 1. The molecular weight excluding hydrogens is 540 g/mol. The summed E-state index contributed by atoms with van der Waals surface area (Å²) in [5.41, 5.74) is 5.45. The molecule has 2 bridgehead atoms. The second-order valence-electron chi connectivity index (χ2n) is 11.5. The van der Waals surface area contributed by atoms with Crippen LogP contribution in [0.15, 0.2) is 41.8 Å². The zero-order valence-corrected chi connectivity index (χ0v) is 24.2. The highest BCUT2D eigenvalue weighted by Gasteiger charge is 2.46. The van der Waals surface area contributed by atoms with Crippen LogP contribution in [0.2, 0.25) is 0 Å². The molecule has 0 radical (unpaired) electrons. The van der Waals surface area contributed by atoms with Crippen molar-refractivity contribution >= 4 is 28.3 Å². The number of aromatic nitrogens is 1. The molecule has 216 valence electrons. The molecule has 3 aliphatic rings. The number of benzene rings is 2. The fourth-order valence-corrected chi connectivity index (χ4v) is 7.38. The standard InChI is InChI=1S/C31H36N4O5S/c1-18-3-8-26(40-16-23-7-4-20(12-19(23)2)29(37)34-10-9-32-27(36)15-34)24(11-18)25-17-41-31(33-25)35-13-21-5-6-22(14-35)28(21)30(38)39/h3-4,7-8,11-12,17,21-22,27-28,32,36H,5-6,9-10,13-16H2,1-2H3,(H,38,39)/t21-,22+,27?,28+. The molecule has 1 aliphatic carbocycles. The first-order valence-electron chi connectivity index (χ1n) is 14.2. The first kappa shape index (κ1) is 27.7. The van der Waals surface area contributed by atoms with Crippen molar-refractivity contribution < 1.29 is 24.5 Å². The van der Waals surface area contributed by atoms with Crippen LogP contribution in [-0.4, -0.2) is 70.9 Å². The number of piperazine rings is 1. The number of thiazole rings is 1. The molecule has 1 unspecified atom stereocenters. The van der Waals surface area contributed by atoms with Gasteiger partial charge in [-0.15, -0.1) is 11.3 Å². The van der Waals surface area contributed by atoms with Crippen molar-refractivity contribution in [3.63, 3.8) is 0 Å². The number of carbonyl (C=O) groups excluding carboxylic acids is 1. The van der Waals surface area contributed by atoms with Crippen LogP contribution in [0.5, 0.6) is 5.75 Å². The number of carboxylic acid groups (broad SMARTS) is 1. The summed E-state index contributed by atoms with van der Waals surface area (Å²) >= 11 is 1.60. The van der Waals surface area contributed by atoms with Gasteiger partial charge < -0.3 is 24.7 Å². The van der Waals surface area contributed by atoms with Crippen LogP contribution >= 0.6 is 11.3 Å². The average Bonchev–Trinajstić information content (AvgIpc) is 3.55. The molecule has 4 atom stereocenters. The number of anilines is 1. The SMILES string of the molecule is Cc1ccc(OCc2ccc(C(=O)N3CCNC(O)C3)cc2C)c(-c2csc(N3C[C@H]4CC[C@@H](C3)[C@H]4C(=O)O)n2)c1. The lowest BCUT2D eigenvalue weighted by atomic mass is 9.85. The smallest absolute Gasteiger partial charge is 0.307 e. The molecule has 1 amide bonds. The number of β-amino-alcohol motifs (C(OH)–C–C–N with tert-alkyl or cyclic N) is 1. The molecule has 6 rings (SSSR count). The Morgan fingerprint density at radius 2 is 1.88 bits per heavy atom. The predicted octanol–water partition coefficient (Wildman–Crippen LogP) is 3.92. The molecule has 3 fully saturated rings. The van der Waals surface area contributed by atoms with Gasteiger partial charge in [0.25, 0.3) is 5.91 Å². The molecule has 3 N–H and O–H groups in total. The maximum atomic E-state index is 12.9. The van der Waals surface area contributed by atoms with E-state index in [0.29, 0.717) is 25.3 Å². The van der Waals surface area contributed by atoms with Crippen molar-refractivity contribution in [2.24, 2.45) is 17.8 Å². The van der Waals surface area contributed by atoms with Gasteiger partial charge in [-0.3, -0.25) is 14.9 Å². The fraction of sp³-hybridized carbons (Fsp3) is 0.452. The van der Waals surface area contributed by atoms with Crippen LogP contribution in [0.3, 0.4) is 0 Å². The molecule has 0 spiro atoms. The van der Waals surface area contributed by atoms with Crippen LogP contribution in [0.25, 0.3) is 11.3 Å². The van der Waals surface area contributed by atoms with E-state index in [1.54, 1.807) is 16.2 Å². The zero-order chi connectivity index (χ0) is 28.7. The van der Waals surface area contributed by atoms with E-state index >= 15 is 0 Å². The molecule has 2 saturated heterocycles. The number of aliphatic hydroxyl groups excluding tert-OH is 1. The number of carbonyl (C=O) groups is 2. The van der Waals surface area contributed by atoms with Gasteiger partial charge in [0.15, 0.2) is 5.13 Å². The van der Waals surface area contributed by atoms with Crippen molar-refractivity contribution in [2.75, 3.05) is 37.6 Å². The Kier molecular flexibility index (Phi) is 7.72. The predicted molar refractivity (Wildman–Crippen MR) is 157 cm³/mol. The van der Waals surface area contributed by atoms with E-state index in [-0.39, 0.29) is 30.2 Å². The molecule has 3 heterocycles. The van der Waals surface area contributed by atoms with Crippen molar-refractivity contribution in [3.8, 4) is 17.0 Å². The molecular formula is C31H36N4O5S. The monoisotopic (exact) mass is 576 g/mol. The Morgan fingerprint density at radius 3 is 2.59 bits per heavy atom. The third-order valence-corrected chi connectivity index (χ3v) is 9.61.